The molecule has 7 heteroatoms. The Morgan fingerprint density at radius 1 is 1.35 bits per heavy atom. The molecule has 1 N–H and O–H groups in total. The van der Waals surface area contributed by atoms with Crippen molar-refractivity contribution in [3.63, 3.8) is 0 Å². The fourth-order valence-electron chi connectivity index (χ4n) is 3.21. The Balaban J connectivity index is 1.55. The van der Waals surface area contributed by atoms with Crippen molar-refractivity contribution in [3.05, 3.63) is 46.6 Å². The van der Waals surface area contributed by atoms with E-state index in [2.05, 4.69) is 37.1 Å². The van der Waals surface area contributed by atoms with Crippen LogP contribution in [0.5, 0.6) is 0 Å². The van der Waals surface area contributed by atoms with Crippen LogP contribution in [0.2, 0.25) is 0 Å². The largest absolute Gasteiger partial charge is 0.342 e. The van der Waals surface area contributed by atoms with Gasteiger partial charge in [-0.15, -0.1) is 0 Å². The Kier molecular flexibility index (Phi) is 3.33. The molecule has 118 valence electrons. The summed E-state index contributed by atoms with van der Waals surface area (Å²) in [4.78, 5) is 25.8. The van der Waals surface area contributed by atoms with Crippen LogP contribution in [0.3, 0.4) is 0 Å². The van der Waals surface area contributed by atoms with Gasteiger partial charge in [-0.25, -0.2) is 0 Å². The first-order chi connectivity index (χ1) is 11.2. The van der Waals surface area contributed by atoms with Crippen LogP contribution in [0.15, 0.2) is 35.5 Å². The van der Waals surface area contributed by atoms with Crippen molar-refractivity contribution in [2.45, 2.75) is 12.8 Å². The minimum absolute atomic E-state index is 0.129. The van der Waals surface area contributed by atoms with Crippen LogP contribution in [0.25, 0.3) is 11.0 Å². The fraction of sp³-hybridized carbons (Fsp3) is 0.375. The maximum atomic E-state index is 12.2. The molecule has 7 nitrogen and oxygen atoms in total. The minimum Gasteiger partial charge on any atom is -0.342 e. The third-order valence-corrected chi connectivity index (χ3v) is 4.45. The number of nitrogens with zero attached hydrogens (tertiary/aromatic N) is 5. The number of aromatic nitrogens is 5. The average Bonchev–Trinajstić information content (AvgIpc) is 3.16. The Hall–Kier alpha value is -2.70. The lowest BCUT2D eigenvalue weighted by Crippen LogP contribution is -2.25. The number of aryl methyl sites for hydroxylation is 1. The van der Waals surface area contributed by atoms with Crippen LogP contribution < -0.4 is 10.5 Å². The van der Waals surface area contributed by atoms with Crippen molar-refractivity contribution in [3.8, 4) is 0 Å². The summed E-state index contributed by atoms with van der Waals surface area (Å²) in [6, 6.07) is 4.12. The number of hydrogen-bond acceptors (Lipinski definition) is 5. The molecule has 3 aromatic heterocycles. The molecule has 0 saturated carbocycles. The maximum Gasteiger partial charge on any atom is 0.263 e. The zero-order valence-electron chi connectivity index (χ0n) is 12.9. The van der Waals surface area contributed by atoms with Gasteiger partial charge in [0.2, 0.25) is 5.95 Å². The predicted molar refractivity (Wildman–Crippen MR) is 87.4 cm³/mol. The van der Waals surface area contributed by atoms with Crippen LogP contribution in [0, 0.1) is 5.92 Å². The molecule has 0 aromatic carbocycles. The van der Waals surface area contributed by atoms with E-state index >= 15 is 0 Å². The first-order valence-corrected chi connectivity index (χ1v) is 7.76. The second-order valence-electron chi connectivity index (χ2n) is 6.06. The third kappa shape index (κ3) is 2.58. The first kappa shape index (κ1) is 13.9. The van der Waals surface area contributed by atoms with E-state index in [9.17, 15) is 4.79 Å². The number of fused-ring (bicyclic) bond motifs is 1. The van der Waals surface area contributed by atoms with Crippen molar-refractivity contribution in [1.82, 2.24) is 24.7 Å². The molecule has 4 rings (SSSR count). The van der Waals surface area contributed by atoms with Crippen LogP contribution in [-0.2, 0) is 13.5 Å². The van der Waals surface area contributed by atoms with E-state index in [0.29, 0.717) is 22.9 Å². The standard InChI is InChI=1S/C16H18N6O/c1-21-14-13(9-18-21)15(23)20-16(19-14)22-7-4-12(10-22)8-11-2-5-17-6-3-11/h2-3,5-6,9,12H,4,7-8,10H2,1H3,(H,19,20,23). The molecular weight excluding hydrogens is 292 g/mol. The van der Waals surface area contributed by atoms with Gasteiger partial charge >= 0.3 is 0 Å². The molecule has 1 unspecified atom stereocenters. The van der Waals surface area contributed by atoms with Crippen LogP contribution >= 0.6 is 0 Å². The Morgan fingerprint density at radius 3 is 3.00 bits per heavy atom. The summed E-state index contributed by atoms with van der Waals surface area (Å²) in [5.74, 6) is 1.20. The van der Waals surface area contributed by atoms with Gasteiger partial charge in [0.25, 0.3) is 5.56 Å². The molecule has 0 amide bonds. The van der Waals surface area contributed by atoms with E-state index < -0.39 is 0 Å². The molecule has 0 radical (unpaired) electrons. The molecule has 4 heterocycles. The molecule has 1 fully saturated rings. The summed E-state index contributed by atoms with van der Waals surface area (Å²) in [5, 5.41) is 4.64. The summed E-state index contributed by atoms with van der Waals surface area (Å²) >= 11 is 0. The first-order valence-electron chi connectivity index (χ1n) is 7.76. The van der Waals surface area contributed by atoms with Crippen molar-refractivity contribution < 1.29 is 0 Å². The molecule has 0 bridgehead atoms. The highest BCUT2D eigenvalue weighted by molar-refractivity contribution is 5.74. The van der Waals surface area contributed by atoms with E-state index in [-0.39, 0.29) is 5.56 Å². The predicted octanol–water partition coefficient (Wildman–Crippen LogP) is 1.12. The van der Waals surface area contributed by atoms with E-state index in [0.717, 1.165) is 25.9 Å². The van der Waals surface area contributed by atoms with Crippen LogP contribution in [0.4, 0.5) is 5.95 Å². The topological polar surface area (TPSA) is 79.7 Å². The fourth-order valence-corrected chi connectivity index (χ4v) is 3.21. The van der Waals surface area contributed by atoms with Gasteiger partial charge < -0.3 is 4.90 Å². The highest BCUT2D eigenvalue weighted by atomic mass is 16.1. The zero-order chi connectivity index (χ0) is 15.8. The summed E-state index contributed by atoms with van der Waals surface area (Å²) in [6.45, 7) is 1.80. The number of pyridine rings is 1. The van der Waals surface area contributed by atoms with Gasteiger partial charge in [0.15, 0.2) is 5.65 Å². The molecule has 0 spiro atoms. The summed E-state index contributed by atoms with van der Waals surface area (Å²) in [6.07, 6.45) is 7.34. The molecule has 0 aliphatic carbocycles. The number of anilines is 1. The van der Waals surface area contributed by atoms with E-state index in [1.54, 1.807) is 17.9 Å². The number of H-pyrrole nitrogens is 1. The molecule has 1 atom stereocenters. The molecule has 1 aliphatic rings. The summed E-state index contributed by atoms with van der Waals surface area (Å²) < 4.78 is 1.64. The van der Waals surface area contributed by atoms with Crippen molar-refractivity contribution in [2.24, 2.45) is 13.0 Å². The number of hydrogen-bond donors (Lipinski definition) is 1. The van der Waals surface area contributed by atoms with Gasteiger partial charge in [0, 0.05) is 32.5 Å². The number of nitrogens with one attached hydrogen (secondary N) is 1. The van der Waals surface area contributed by atoms with E-state index in [4.69, 9.17) is 0 Å². The molecule has 1 saturated heterocycles. The van der Waals surface area contributed by atoms with Gasteiger partial charge in [0.1, 0.15) is 5.39 Å². The summed E-state index contributed by atoms with van der Waals surface area (Å²) in [7, 11) is 1.80. The normalized spacial score (nSPS) is 18.0. The van der Waals surface area contributed by atoms with Gasteiger partial charge in [-0.1, -0.05) is 0 Å². The zero-order valence-corrected chi connectivity index (χ0v) is 12.9. The number of rotatable bonds is 3. The second kappa shape index (κ2) is 5.49. The highest BCUT2D eigenvalue weighted by Crippen LogP contribution is 2.24. The van der Waals surface area contributed by atoms with E-state index in [1.165, 1.54) is 5.56 Å². The lowest BCUT2D eigenvalue weighted by molar-refractivity contribution is 0.585. The second-order valence-corrected chi connectivity index (χ2v) is 6.06. The Morgan fingerprint density at radius 2 is 2.17 bits per heavy atom. The monoisotopic (exact) mass is 310 g/mol. The Labute approximate surface area is 133 Å². The molecule has 3 aromatic rings. The molecular formula is C16H18N6O. The van der Waals surface area contributed by atoms with Crippen LogP contribution in [0.1, 0.15) is 12.0 Å². The van der Waals surface area contributed by atoms with Crippen molar-refractivity contribution in [1.29, 1.82) is 0 Å². The average molecular weight is 310 g/mol. The lowest BCUT2D eigenvalue weighted by Gasteiger charge is -2.17. The highest BCUT2D eigenvalue weighted by Gasteiger charge is 2.25. The maximum absolute atomic E-state index is 12.2. The summed E-state index contributed by atoms with van der Waals surface area (Å²) in [5.41, 5.74) is 1.80. The third-order valence-electron chi connectivity index (χ3n) is 4.45. The lowest BCUT2D eigenvalue weighted by atomic mass is 10.00. The van der Waals surface area contributed by atoms with Crippen LogP contribution in [-0.4, -0.2) is 37.8 Å². The van der Waals surface area contributed by atoms with Gasteiger partial charge in [-0.05, 0) is 36.5 Å². The van der Waals surface area contributed by atoms with Gasteiger partial charge in [-0.2, -0.15) is 10.1 Å². The number of aromatic amines is 1. The minimum atomic E-state index is -0.129. The van der Waals surface area contributed by atoms with Gasteiger partial charge in [-0.3, -0.25) is 19.4 Å². The van der Waals surface area contributed by atoms with Crippen molar-refractivity contribution >= 4 is 17.0 Å². The SMILES string of the molecule is Cn1ncc2c(=O)[nH]c(N3CCC(Cc4ccncc4)C3)nc21. The quantitative estimate of drug-likeness (QED) is 0.784. The molecule has 23 heavy (non-hydrogen) atoms. The van der Waals surface area contributed by atoms with Gasteiger partial charge in [0.05, 0.1) is 6.20 Å². The van der Waals surface area contributed by atoms with E-state index in [1.807, 2.05) is 12.4 Å². The smallest absolute Gasteiger partial charge is 0.263 e. The molecule has 1 aliphatic heterocycles. The Bertz CT molecular complexity index is 884. The van der Waals surface area contributed by atoms with Crippen molar-refractivity contribution in [2.75, 3.05) is 18.0 Å².